The van der Waals surface area contributed by atoms with E-state index in [1.165, 1.54) is 12.1 Å². The standard InChI is InChI=1S/C17H9F4NO4/c1-25-16-14(20)12(18)11(13(19)15(16)21)9(23)6-8-17(24)26-10-5-3-2-4-7(10)22-8/h2-6,23H,1H3/b9-6-. The Morgan fingerprint density at radius 1 is 1.12 bits per heavy atom. The zero-order valence-corrected chi connectivity index (χ0v) is 13.0. The first-order valence-corrected chi connectivity index (χ1v) is 7.06. The first-order chi connectivity index (χ1) is 12.3. The second-order valence-corrected chi connectivity index (χ2v) is 5.05. The fraction of sp³-hybridized carbons (Fsp3) is 0.0588. The molecule has 0 radical (unpaired) electrons. The minimum Gasteiger partial charge on any atom is -0.507 e. The van der Waals surface area contributed by atoms with Gasteiger partial charge in [0.25, 0.3) is 0 Å². The molecule has 1 N–H and O–H groups in total. The number of hydrogen-bond donors (Lipinski definition) is 1. The Hall–Kier alpha value is -3.36. The maximum atomic E-state index is 14.0. The van der Waals surface area contributed by atoms with Crippen LogP contribution in [0.2, 0.25) is 0 Å². The van der Waals surface area contributed by atoms with E-state index in [1.807, 2.05) is 0 Å². The Morgan fingerprint density at radius 2 is 1.73 bits per heavy atom. The zero-order chi connectivity index (χ0) is 19.0. The summed E-state index contributed by atoms with van der Waals surface area (Å²) in [6.07, 6.45) is 0.547. The van der Waals surface area contributed by atoms with Crippen LogP contribution in [-0.2, 0) is 0 Å². The van der Waals surface area contributed by atoms with E-state index in [-0.39, 0.29) is 11.1 Å². The van der Waals surface area contributed by atoms with Gasteiger partial charge >= 0.3 is 5.63 Å². The predicted molar refractivity (Wildman–Crippen MR) is 83.6 cm³/mol. The number of aliphatic hydroxyl groups is 1. The van der Waals surface area contributed by atoms with Gasteiger partial charge in [-0.05, 0) is 12.1 Å². The molecular formula is C17H9F4NO4. The summed E-state index contributed by atoms with van der Waals surface area (Å²) in [7, 11) is 0.819. The predicted octanol–water partition coefficient (Wildman–Crippen LogP) is 3.81. The molecule has 0 aliphatic carbocycles. The van der Waals surface area contributed by atoms with Crippen molar-refractivity contribution < 1.29 is 31.8 Å². The van der Waals surface area contributed by atoms with E-state index in [1.54, 1.807) is 12.1 Å². The van der Waals surface area contributed by atoms with Crippen LogP contribution in [0.25, 0.3) is 22.9 Å². The average Bonchev–Trinajstić information content (AvgIpc) is 2.61. The molecule has 0 saturated heterocycles. The highest BCUT2D eigenvalue weighted by molar-refractivity contribution is 5.78. The lowest BCUT2D eigenvalue weighted by Crippen LogP contribution is -2.09. The molecule has 3 rings (SSSR count). The van der Waals surface area contributed by atoms with E-state index in [9.17, 15) is 27.5 Å². The van der Waals surface area contributed by atoms with Gasteiger partial charge < -0.3 is 14.3 Å². The molecule has 0 bridgehead atoms. The maximum absolute atomic E-state index is 14.0. The van der Waals surface area contributed by atoms with Crippen LogP contribution in [0.15, 0.2) is 33.5 Å². The normalized spacial score (nSPS) is 11.8. The van der Waals surface area contributed by atoms with E-state index in [4.69, 9.17) is 4.42 Å². The Labute approximate surface area is 142 Å². The third-order valence-corrected chi connectivity index (χ3v) is 3.47. The number of aliphatic hydroxyl groups excluding tert-OH is 1. The second kappa shape index (κ2) is 6.51. The fourth-order valence-electron chi connectivity index (χ4n) is 2.27. The molecule has 0 unspecified atom stereocenters. The summed E-state index contributed by atoms with van der Waals surface area (Å²) in [6, 6.07) is 6.13. The maximum Gasteiger partial charge on any atom is 0.362 e. The van der Waals surface area contributed by atoms with Crippen LogP contribution in [0, 0.1) is 23.3 Å². The van der Waals surface area contributed by atoms with Gasteiger partial charge in [-0.2, -0.15) is 8.78 Å². The van der Waals surface area contributed by atoms with Gasteiger partial charge in [-0.25, -0.2) is 18.6 Å². The van der Waals surface area contributed by atoms with Gasteiger partial charge in [0.05, 0.1) is 12.7 Å². The van der Waals surface area contributed by atoms with E-state index < -0.39 is 51.7 Å². The van der Waals surface area contributed by atoms with Crippen LogP contribution in [0.3, 0.4) is 0 Å². The number of methoxy groups -OCH3 is 1. The number of halogens is 4. The molecule has 0 atom stereocenters. The van der Waals surface area contributed by atoms with Crippen LogP contribution in [0.5, 0.6) is 5.75 Å². The molecular weight excluding hydrogens is 358 g/mol. The highest BCUT2D eigenvalue weighted by Crippen LogP contribution is 2.33. The number of fused-ring (bicyclic) bond motifs is 1. The van der Waals surface area contributed by atoms with Crippen molar-refractivity contribution in [3.8, 4) is 5.75 Å². The number of hydrogen-bond acceptors (Lipinski definition) is 5. The Kier molecular flexibility index (Phi) is 4.37. The zero-order valence-electron chi connectivity index (χ0n) is 13.0. The topological polar surface area (TPSA) is 72.6 Å². The van der Waals surface area contributed by atoms with Crippen molar-refractivity contribution in [3.05, 3.63) is 69.2 Å². The third-order valence-electron chi connectivity index (χ3n) is 3.47. The van der Waals surface area contributed by atoms with Crippen LogP contribution in [0.4, 0.5) is 17.6 Å². The highest BCUT2D eigenvalue weighted by Gasteiger charge is 2.28. The van der Waals surface area contributed by atoms with Crippen molar-refractivity contribution in [3.63, 3.8) is 0 Å². The number of para-hydroxylation sites is 2. The molecule has 0 amide bonds. The second-order valence-electron chi connectivity index (χ2n) is 5.05. The highest BCUT2D eigenvalue weighted by atomic mass is 19.2. The van der Waals surface area contributed by atoms with Crippen molar-refractivity contribution in [1.82, 2.24) is 4.98 Å². The Bertz CT molecular complexity index is 1080. The molecule has 9 heteroatoms. The summed E-state index contributed by atoms with van der Waals surface area (Å²) in [6.45, 7) is 0. The molecule has 1 heterocycles. The molecule has 1 aromatic heterocycles. The third kappa shape index (κ3) is 2.77. The molecule has 3 aromatic rings. The number of ether oxygens (including phenoxy) is 1. The largest absolute Gasteiger partial charge is 0.507 e. The van der Waals surface area contributed by atoms with E-state index in [2.05, 4.69) is 9.72 Å². The van der Waals surface area contributed by atoms with Gasteiger partial charge in [0.2, 0.25) is 11.6 Å². The molecule has 0 fully saturated rings. The molecule has 0 aliphatic rings. The molecule has 26 heavy (non-hydrogen) atoms. The van der Waals surface area contributed by atoms with Crippen molar-refractivity contribution in [2.45, 2.75) is 0 Å². The molecule has 2 aromatic carbocycles. The lowest BCUT2D eigenvalue weighted by Gasteiger charge is -2.10. The number of nitrogens with zero attached hydrogens (tertiary/aromatic N) is 1. The minimum atomic E-state index is -1.89. The average molecular weight is 367 g/mol. The van der Waals surface area contributed by atoms with Gasteiger partial charge in [-0.3, -0.25) is 0 Å². The molecule has 134 valence electrons. The van der Waals surface area contributed by atoms with Crippen LogP contribution in [0.1, 0.15) is 11.3 Å². The van der Waals surface area contributed by atoms with Crippen molar-refractivity contribution in [2.24, 2.45) is 0 Å². The smallest absolute Gasteiger partial charge is 0.362 e. The number of rotatable bonds is 3. The van der Waals surface area contributed by atoms with Gasteiger partial charge in [0.15, 0.2) is 28.7 Å². The molecule has 0 saturated carbocycles. The summed E-state index contributed by atoms with van der Waals surface area (Å²) in [5.41, 5.74) is -2.58. The number of benzene rings is 2. The molecule has 0 aliphatic heterocycles. The number of aromatic nitrogens is 1. The van der Waals surface area contributed by atoms with Gasteiger partial charge in [-0.1, -0.05) is 12.1 Å². The summed E-state index contributed by atoms with van der Waals surface area (Å²) in [5.74, 6) is -9.98. The van der Waals surface area contributed by atoms with Gasteiger partial charge in [0, 0.05) is 6.08 Å². The van der Waals surface area contributed by atoms with Crippen molar-refractivity contribution in [2.75, 3.05) is 7.11 Å². The van der Waals surface area contributed by atoms with Gasteiger partial charge in [-0.15, -0.1) is 0 Å². The summed E-state index contributed by atoms with van der Waals surface area (Å²) in [5, 5.41) is 9.93. The lowest BCUT2D eigenvalue weighted by atomic mass is 10.1. The van der Waals surface area contributed by atoms with Crippen molar-refractivity contribution >= 4 is 22.9 Å². The SMILES string of the molecule is COc1c(F)c(F)c(/C(O)=C/c2nc3ccccc3oc2=O)c(F)c1F. The molecule has 5 nitrogen and oxygen atoms in total. The first-order valence-electron chi connectivity index (χ1n) is 7.06. The summed E-state index contributed by atoms with van der Waals surface area (Å²) >= 11 is 0. The molecule has 0 spiro atoms. The van der Waals surface area contributed by atoms with Crippen LogP contribution < -0.4 is 10.4 Å². The van der Waals surface area contributed by atoms with Crippen LogP contribution in [-0.4, -0.2) is 17.2 Å². The Balaban J connectivity index is 2.20. The quantitative estimate of drug-likeness (QED) is 0.433. The summed E-state index contributed by atoms with van der Waals surface area (Å²) in [4.78, 5) is 15.7. The van der Waals surface area contributed by atoms with E-state index in [0.717, 1.165) is 7.11 Å². The summed E-state index contributed by atoms with van der Waals surface area (Å²) < 4.78 is 64.7. The van der Waals surface area contributed by atoms with E-state index in [0.29, 0.717) is 6.08 Å². The lowest BCUT2D eigenvalue weighted by molar-refractivity contribution is 0.329. The first kappa shape index (κ1) is 17.5. The Morgan fingerprint density at radius 3 is 2.35 bits per heavy atom. The van der Waals surface area contributed by atoms with Crippen molar-refractivity contribution in [1.29, 1.82) is 0 Å². The fourth-order valence-corrected chi connectivity index (χ4v) is 2.27. The minimum absolute atomic E-state index is 0.146. The van der Waals surface area contributed by atoms with Crippen LogP contribution >= 0.6 is 0 Å². The van der Waals surface area contributed by atoms with E-state index >= 15 is 0 Å². The monoisotopic (exact) mass is 367 g/mol. The van der Waals surface area contributed by atoms with Gasteiger partial charge in [0.1, 0.15) is 11.3 Å².